The molecule has 7 heteroatoms. The molecule has 7 nitrogen and oxygen atoms in total. The second kappa shape index (κ2) is 6.74. The maximum Gasteiger partial charge on any atom is 0.317 e. The molecule has 0 spiro atoms. The number of carbonyl (C=O) groups excluding carboxylic acids is 1. The first-order valence-electron chi connectivity index (χ1n) is 6.54. The maximum absolute atomic E-state index is 12.0. The summed E-state index contributed by atoms with van der Waals surface area (Å²) in [5.74, 6) is 0.554. The molecule has 21 heavy (non-hydrogen) atoms. The molecule has 0 fully saturated rings. The molecule has 0 aliphatic carbocycles. The maximum atomic E-state index is 12.0. The smallest absolute Gasteiger partial charge is 0.317 e. The Labute approximate surface area is 123 Å². The van der Waals surface area contributed by atoms with Crippen molar-refractivity contribution >= 4 is 6.03 Å². The third-order valence-corrected chi connectivity index (χ3v) is 2.98. The van der Waals surface area contributed by atoms with Crippen molar-refractivity contribution in [3.05, 3.63) is 41.9 Å². The number of hydrogen-bond acceptors (Lipinski definition) is 4. The molecule has 1 N–H and O–H groups in total. The van der Waals surface area contributed by atoms with Gasteiger partial charge in [-0.3, -0.25) is 4.68 Å². The van der Waals surface area contributed by atoms with Gasteiger partial charge in [-0.15, -0.1) is 0 Å². The van der Waals surface area contributed by atoms with Gasteiger partial charge in [-0.1, -0.05) is 6.07 Å². The van der Waals surface area contributed by atoms with Crippen molar-refractivity contribution < 1.29 is 9.53 Å². The van der Waals surface area contributed by atoms with E-state index >= 15 is 0 Å². The van der Waals surface area contributed by atoms with Gasteiger partial charge in [-0.2, -0.15) is 5.10 Å². The quantitative estimate of drug-likeness (QED) is 0.896. The summed E-state index contributed by atoms with van der Waals surface area (Å²) in [7, 11) is 5.16. The number of urea groups is 1. The molecule has 0 atom stereocenters. The van der Waals surface area contributed by atoms with Gasteiger partial charge in [0, 0.05) is 44.7 Å². The summed E-state index contributed by atoms with van der Waals surface area (Å²) in [4.78, 5) is 17.7. The van der Waals surface area contributed by atoms with Gasteiger partial charge in [0.05, 0.1) is 19.9 Å². The fourth-order valence-corrected chi connectivity index (χ4v) is 1.85. The first kappa shape index (κ1) is 14.8. The topological polar surface area (TPSA) is 72.3 Å². The predicted octanol–water partition coefficient (Wildman–Crippen LogP) is 1.17. The Kier molecular flexibility index (Phi) is 4.76. The predicted molar refractivity (Wildman–Crippen MR) is 77.7 cm³/mol. The van der Waals surface area contributed by atoms with Crippen LogP contribution in [-0.2, 0) is 20.1 Å². The number of amides is 2. The van der Waals surface area contributed by atoms with Crippen molar-refractivity contribution in [3.8, 4) is 5.88 Å². The van der Waals surface area contributed by atoms with E-state index in [0.717, 1.165) is 11.1 Å². The number of pyridine rings is 1. The standard InChI is InChI=1S/C14H19N5O2/c1-18(9-12-8-17-19(2)10-12)14(20)16-7-11-4-5-13(21-3)15-6-11/h4-6,8,10H,7,9H2,1-3H3,(H,16,20). The third kappa shape index (κ3) is 4.20. The van der Waals surface area contributed by atoms with E-state index in [1.165, 1.54) is 0 Å². The van der Waals surface area contributed by atoms with Crippen LogP contribution in [0.5, 0.6) is 5.88 Å². The molecule has 0 aliphatic rings. The lowest BCUT2D eigenvalue weighted by Crippen LogP contribution is -2.36. The number of aromatic nitrogens is 3. The van der Waals surface area contributed by atoms with Crippen molar-refractivity contribution in [3.63, 3.8) is 0 Å². The van der Waals surface area contributed by atoms with Gasteiger partial charge in [0.2, 0.25) is 5.88 Å². The number of aryl methyl sites for hydroxylation is 1. The van der Waals surface area contributed by atoms with Gasteiger partial charge in [0.15, 0.2) is 0 Å². The Morgan fingerprint density at radius 3 is 2.76 bits per heavy atom. The largest absolute Gasteiger partial charge is 0.481 e. The Balaban J connectivity index is 1.82. The lowest BCUT2D eigenvalue weighted by Gasteiger charge is -2.17. The molecule has 2 aromatic rings. The average molecular weight is 289 g/mol. The molecular formula is C14H19N5O2. The summed E-state index contributed by atoms with van der Waals surface area (Å²) in [6.45, 7) is 0.938. The van der Waals surface area contributed by atoms with E-state index in [4.69, 9.17) is 4.74 Å². The lowest BCUT2D eigenvalue weighted by atomic mass is 10.3. The number of nitrogens with one attached hydrogen (secondary N) is 1. The van der Waals surface area contributed by atoms with Crippen LogP contribution in [0.1, 0.15) is 11.1 Å². The van der Waals surface area contributed by atoms with Gasteiger partial charge >= 0.3 is 6.03 Å². The van der Waals surface area contributed by atoms with Crippen molar-refractivity contribution in [2.24, 2.45) is 7.05 Å². The minimum absolute atomic E-state index is 0.144. The molecule has 2 rings (SSSR count). The first-order chi connectivity index (χ1) is 10.1. The van der Waals surface area contributed by atoms with Crippen LogP contribution in [0.2, 0.25) is 0 Å². The second-order valence-electron chi connectivity index (χ2n) is 4.75. The van der Waals surface area contributed by atoms with Crippen LogP contribution in [0.4, 0.5) is 4.79 Å². The normalized spacial score (nSPS) is 10.2. The van der Waals surface area contributed by atoms with E-state index in [9.17, 15) is 4.79 Å². The molecular weight excluding hydrogens is 270 g/mol. The highest BCUT2D eigenvalue weighted by Gasteiger charge is 2.09. The molecule has 0 aliphatic heterocycles. The van der Waals surface area contributed by atoms with Crippen LogP contribution in [0, 0.1) is 0 Å². The SMILES string of the molecule is COc1ccc(CNC(=O)N(C)Cc2cnn(C)c2)cn1. The lowest BCUT2D eigenvalue weighted by molar-refractivity contribution is 0.206. The third-order valence-electron chi connectivity index (χ3n) is 2.98. The van der Waals surface area contributed by atoms with Crippen molar-refractivity contribution in [2.45, 2.75) is 13.1 Å². The number of carbonyl (C=O) groups is 1. The zero-order valence-corrected chi connectivity index (χ0v) is 12.4. The van der Waals surface area contributed by atoms with E-state index in [0.29, 0.717) is 19.0 Å². The van der Waals surface area contributed by atoms with Crippen LogP contribution in [0.15, 0.2) is 30.7 Å². The number of rotatable bonds is 5. The summed E-state index contributed by atoms with van der Waals surface area (Å²) < 4.78 is 6.70. The molecule has 2 aromatic heterocycles. The zero-order chi connectivity index (χ0) is 15.2. The summed E-state index contributed by atoms with van der Waals surface area (Å²) in [6.07, 6.45) is 5.31. The summed E-state index contributed by atoms with van der Waals surface area (Å²) in [5, 5.41) is 6.92. The fraction of sp³-hybridized carbons (Fsp3) is 0.357. The van der Waals surface area contributed by atoms with Gasteiger partial charge < -0.3 is 15.0 Å². The second-order valence-corrected chi connectivity index (χ2v) is 4.75. The summed E-state index contributed by atoms with van der Waals surface area (Å²) >= 11 is 0. The fourth-order valence-electron chi connectivity index (χ4n) is 1.85. The van der Waals surface area contributed by atoms with Gasteiger partial charge in [-0.05, 0) is 5.56 Å². The van der Waals surface area contributed by atoms with E-state index in [-0.39, 0.29) is 6.03 Å². The van der Waals surface area contributed by atoms with E-state index in [2.05, 4.69) is 15.4 Å². The number of hydrogen-bond donors (Lipinski definition) is 1. The van der Waals surface area contributed by atoms with Crippen LogP contribution in [0.3, 0.4) is 0 Å². The van der Waals surface area contributed by atoms with Crippen molar-refractivity contribution in [1.29, 1.82) is 0 Å². The molecule has 0 saturated carbocycles. The van der Waals surface area contributed by atoms with Crippen LogP contribution < -0.4 is 10.1 Å². The van der Waals surface area contributed by atoms with Crippen LogP contribution in [-0.4, -0.2) is 39.9 Å². The Morgan fingerprint density at radius 1 is 1.38 bits per heavy atom. The molecule has 0 unspecified atom stereocenters. The monoisotopic (exact) mass is 289 g/mol. The van der Waals surface area contributed by atoms with Gasteiger partial charge in [-0.25, -0.2) is 9.78 Å². The number of ether oxygens (including phenoxy) is 1. The van der Waals surface area contributed by atoms with Gasteiger partial charge in [0.1, 0.15) is 0 Å². The molecule has 112 valence electrons. The molecule has 0 saturated heterocycles. The molecule has 0 radical (unpaired) electrons. The highest BCUT2D eigenvalue weighted by Crippen LogP contribution is 2.06. The van der Waals surface area contributed by atoms with Crippen LogP contribution >= 0.6 is 0 Å². The first-order valence-corrected chi connectivity index (χ1v) is 6.54. The Hall–Kier alpha value is -2.57. The number of methoxy groups -OCH3 is 1. The Morgan fingerprint density at radius 2 is 2.19 bits per heavy atom. The molecule has 0 aromatic carbocycles. The van der Waals surface area contributed by atoms with Crippen LogP contribution in [0.25, 0.3) is 0 Å². The minimum Gasteiger partial charge on any atom is -0.481 e. The average Bonchev–Trinajstić information content (AvgIpc) is 2.90. The van der Waals surface area contributed by atoms with E-state index in [1.54, 1.807) is 42.2 Å². The van der Waals surface area contributed by atoms with Crippen molar-refractivity contribution in [1.82, 2.24) is 25.0 Å². The van der Waals surface area contributed by atoms with E-state index in [1.807, 2.05) is 19.3 Å². The summed E-state index contributed by atoms with van der Waals surface area (Å²) in [5.41, 5.74) is 1.90. The minimum atomic E-state index is -0.144. The van der Waals surface area contributed by atoms with Gasteiger partial charge in [0.25, 0.3) is 0 Å². The molecule has 0 bridgehead atoms. The highest BCUT2D eigenvalue weighted by molar-refractivity contribution is 5.73. The van der Waals surface area contributed by atoms with Crippen molar-refractivity contribution in [2.75, 3.05) is 14.2 Å². The summed E-state index contributed by atoms with van der Waals surface area (Å²) in [6, 6.07) is 3.49. The van der Waals surface area contributed by atoms with E-state index < -0.39 is 0 Å². The number of nitrogens with zero attached hydrogens (tertiary/aromatic N) is 4. The Bertz CT molecular complexity index is 594. The highest BCUT2D eigenvalue weighted by atomic mass is 16.5. The zero-order valence-electron chi connectivity index (χ0n) is 12.4. The molecule has 2 amide bonds. The molecule has 2 heterocycles.